The van der Waals surface area contributed by atoms with Crippen molar-refractivity contribution in [3.8, 4) is 0 Å². The van der Waals surface area contributed by atoms with Crippen molar-refractivity contribution >= 4 is 17.8 Å². The fourth-order valence-electron chi connectivity index (χ4n) is 3.20. The Morgan fingerprint density at radius 3 is 2.48 bits per heavy atom. The van der Waals surface area contributed by atoms with Crippen LogP contribution in [0.2, 0.25) is 0 Å². The van der Waals surface area contributed by atoms with Crippen LogP contribution in [-0.4, -0.2) is 29.3 Å². The minimum Gasteiger partial charge on any atom is -0.277 e. The highest BCUT2D eigenvalue weighted by atomic mass is 16.2. The van der Waals surface area contributed by atoms with Gasteiger partial charge < -0.3 is 0 Å². The van der Waals surface area contributed by atoms with Gasteiger partial charge in [0.25, 0.3) is 0 Å². The van der Waals surface area contributed by atoms with Crippen LogP contribution in [0.4, 0.5) is 4.79 Å². The summed E-state index contributed by atoms with van der Waals surface area (Å²) in [5.74, 6) is -0.784. The van der Waals surface area contributed by atoms with E-state index in [1.807, 2.05) is 13.8 Å². The first-order valence-corrected chi connectivity index (χ1v) is 7.90. The predicted molar refractivity (Wildman–Crippen MR) is 79.4 cm³/mol. The van der Waals surface area contributed by atoms with Crippen LogP contribution in [0.1, 0.15) is 58.8 Å². The van der Waals surface area contributed by atoms with Gasteiger partial charge in [-0.25, -0.2) is 4.79 Å². The predicted octanol–water partition coefficient (Wildman–Crippen LogP) is 2.76. The van der Waals surface area contributed by atoms with Gasteiger partial charge in [-0.1, -0.05) is 25.5 Å². The minimum atomic E-state index is -1.07. The van der Waals surface area contributed by atoms with E-state index < -0.39 is 17.4 Å². The molecular weight excluding hydrogens is 268 g/mol. The summed E-state index contributed by atoms with van der Waals surface area (Å²) in [5.41, 5.74) is 0.242. The summed E-state index contributed by atoms with van der Waals surface area (Å²) in [7, 11) is 0. The van der Waals surface area contributed by atoms with Crippen LogP contribution in [0.15, 0.2) is 11.6 Å². The minimum absolute atomic E-state index is 0.336. The number of amides is 4. The van der Waals surface area contributed by atoms with Crippen LogP contribution in [0.25, 0.3) is 0 Å². The molecule has 0 radical (unpaired) electrons. The van der Waals surface area contributed by atoms with Crippen molar-refractivity contribution in [2.75, 3.05) is 6.54 Å². The van der Waals surface area contributed by atoms with Crippen molar-refractivity contribution < 1.29 is 14.4 Å². The average molecular weight is 292 g/mol. The average Bonchev–Trinajstić information content (AvgIpc) is 2.49. The van der Waals surface area contributed by atoms with Gasteiger partial charge in [-0.2, -0.15) is 0 Å². The Labute approximate surface area is 125 Å². The number of barbiturate groups is 1. The SMILES string of the molecule is CCC1(CC)C(=O)NC(=O)N(CCC2=CCCCC2)C1=O. The first-order valence-electron chi connectivity index (χ1n) is 7.90. The molecule has 0 saturated carbocycles. The maximum absolute atomic E-state index is 12.6. The Morgan fingerprint density at radius 1 is 1.19 bits per heavy atom. The van der Waals surface area contributed by atoms with E-state index in [1.165, 1.54) is 23.3 Å². The largest absolute Gasteiger partial charge is 0.330 e. The van der Waals surface area contributed by atoms with Gasteiger partial charge in [0.2, 0.25) is 11.8 Å². The number of carbonyl (C=O) groups excluding carboxylic acids is 3. The van der Waals surface area contributed by atoms with E-state index in [4.69, 9.17) is 0 Å². The Kier molecular flexibility index (Phi) is 4.80. The molecule has 0 spiro atoms. The van der Waals surface area contributed by atoms with E-state index in [0.717, 1.165) is 19.3 Å². The number of hydrogen-bond donors (Lipinski definition) is 1. The summed E-state index contributed by atoms with van der Waals surface area (Å²) in [5, 5.41) is 2.35. The van der Waals surface area contributed by atoms with E-state index in [9.17, 15) is 14.4 Å². The fraction of sp³-hybridized carbons (Fsp3) is 0.688. The second kappa shape index (κ2) is 6.41. The van der Waals surface area contributed by atoms with E-state index in [-0.39, 0.29) is 5.91 Å². The Morgan fingerprint density at radius 2 is 1.90 bits per heavy atom. The summed E-state index contributed by atoms with van der Waals surface area (Å²) in [6.45, 7) is 4.00. The van der Waals surface area contributed by atoms with E-state index in [1.54, 1.807) is 0 Å². The zero-order valence-corrected chi connectivity index (χ0v) is 12.9. The lowest BCUT2D eigenvalue weighted by Gasteiger charge is -2.38. The third-order valence-electron chi connectivity index (χ3n) is 4.80. The zero-order valence-electron chi connectivity index (χ0n) is 12.9. The van der Waals surface area contributed by atoms with Crippen molar-refractivity contribution in [3.05, 3.63) is 11.6 Å². The molecule has 1 heterocycles. The number of nitrogens with one attached hydrogen (secondary N) is 1. The number of imide groups is 2. The highest BCUT2D eigenvalue weighted by molar-refractivity contribution is 6.19. The third-order valence-corrected chi connectivity index (χ3v) is 4.80. The fourth-order valence-corrected chi connectivity index (χ4v) is 3.20. The number of hydrogen-bond acceptors (Lipinski definition) is 3. The molecule has 0 unspecified atom stereocenters. The first-order chi connectivity index (χ1) is 10.0. The molecule has 1 fully saturated rings. The highest BCUT2D eigenvalue weighted by Gasteiger charge is 2.51. The quantitative estimate of drug-likeness (QED) is 0.626. The number of rotatable bonds is 5. The monoisotopic (exact) mass is 292 g/mol. The second-order valence-electron chi connectivity index (χ2n) is 5.86. The lowest BCUT2D eigenvalue weighted by atomic mass is 9.78. The molecule has 2 rings (SSSR count). The van der Waals surface area contributed by atoms with Crippen LogP contribution >= 0.6 is 0 Å². The molecule has 0 aromatic rings. The van der Waals surface area contributed by atoms with Gasteiger partial charge >= 0.3 is 6.03 Å². The van der Waals surface area contributed by atoms with Gasteiger partial charge in [-0.15, -0.1) is 0 Å². The molecule has 4 amide bonds. The van der Waals surface area contributed by atoms with Gasteiger partial charge in [0.05, 0.1) is 0 Å². The Balaban J connectivity index is 2.10. The number of allylic oxidation sites excluding steroid dienone is 1. The summed E-state index contributed by atoms with van der Waals surface area (Å²) in [6, 6.07) is -0.570. The number of urea groups is 1. The van der Waals surface area contributed by atoms with E-state index >= 15 is 0 Å². The van der Waals surface area contributed by atoms with Crippen LogP contribution in [0, 0.1) is 5.41 Å². The maximum atomic E-state index is 12.6. The molecular formula is C16H24N2O3. The summed E-state index contributed by atoms with van der Waals surface area (Å²) < 4.78 is 0. The van der Waals surface area contributed by atoms with Crippen LogP contribution < -0.4 is 5.32 Å². The smallest absolute Gasteiger partial charge is 0.277 e. The summed E-state index contributed by atoms with van der Waals surface area (Å²) >= 11 is 0. The molecule has 1 aliphatic carbocycles. The molecule has 1 N–H and O–H groups in total. The number of carbonyl (C=O) groups is 3. The van der Waals surface area contributed by atoms with E-state index in [2.05, 4.69) is 11.4 Å². The highest BCUT2D eigenvalue weighted by Crippen LogP contribution is 2.32. The molecule has 1 saturated heterocycles. The summed E-state index contributed by atoms with van der Waals surface area (Å²) in [6.07, 6.45) is 8.30. The van der Waals surface area contributed by atoms with Crippen molar-refractivity contribution in [2.45, 2.75) is 58.8 Å². The molecule has 0 aromatic heterocycles. The molecule has 5 nitrogen and oxygen atoms in total. The van der Waals surface area contributed by atoms with E-state index in [0.29, 0.717) is 19.4 Å². The molecule has 2 aliphatic rings. The van der Waals surface area contributed by atoms with Gasteiger partial charge in [0.1, 0.15) is 5.41 Å². The summed E-state index contributed by atoms with van der Waals surface area (Å²) in [4.78, 5) is 37.9. The molecule has 1 aliphatic heterocycles. The van der Waals surface area contributed by atoms with Gasteiger partial charge in [-0.05, 0) is 44.9 Å². The Hall–Kier alpha value is -1.65. The molecule has 21 heavy (non-hydrogen) atoms. The third kappa shape index (κ3) is 2.87. The maximum Gasteiger partial charge on any atom is 0.330 e. The number of nitrogens with zero attached hydrogens (tertiary/aromatic N) is 1. The normalized spacial score (nSPS) is 22.1. The lowest BCUT2D eigenvalue weighted by molar-refractivity contribution is -0.152. The van der Waals surface area contributed by atoms with Crippen molar-refractivity contribution in [2.24, 2.45) is 5.41 Å². The van der Waals surface area contributed by atoms with Gasteiger partial charge in [0, 0.05) is 6.54 Å². The molecule has 0 bridgehead atoms. The Bertz CT molecular complexity index is 478. The second-order valence-corrected chi connectivity index (χ2v) is 5.86. The van der Waals surface area contributed by atoms with Crippen molar-refractivity contribution in [3.63, 3.8) is 0 Å². The topological polar surface area (TPSA) is 66.5 Å². The molecule has 0 atom stereocenters. The lowest BCUT2D eigenvalue weighted by Crippen LogP contribution is -2.63. The van der Waals surface area contributed by atoms with Gasteiger partial charge in [0.15, 0.2) is 0 Å². The van der Waals surface area contributed by atoms with Crippen LogP contribution in [-0.2, 0) is 9.59 Å². The van der Waals surface area contributed by atoms with Crippen LogP contribution in [0.3, 0.4) is 0 Å². The standard InChI is InChI=1S/C16H24N2O3/c1-3-16(4-2)13(19)17-15(21)18(14(16)20)11-10-12-8-6-5-7-9-12/h8H,3-7,9-11H2,1-2H3,(H,17,19,21). The first kappa shape index (κ1) is 15.7. The van der Waals surface area contributed by atoms with Gasteiger partial charge in [-0.3, -0.25) is 19.8 Å². The zero-order chi connectivity index (χ0) is 15.5. The van der Waals surface area contributed by atoms with Crippen molar-refractivity contribution in [1.29, 1.82) is 0 Å². The molecule has 5 heteroatoms. The van der Waals surface area contributed by atoms with Crippen LogP contribution in [0.5, 0.6) is 0 Å². The van der Waals surface area contributed by atoms with Crippen molar-refractivity contribution in [1.82, 2.24) is 10.2 Å². The molecule has 0 aromatic carbocycles. The molecule has 116 valence electrons.